The van der Waals surface area contributed by atoms with E-state index in [1.54, 1.807) is 0 Å². The molecule has 1 aromatic heterocycles. The zero-order valence-corrected chi connectivity index (χ0v) is 8.34. The summed E-state index contributed by atoms with van der Waals surface area (Å²) in [7, 11) is 0. The molecule has 0 fully saturated rings. The molecule has 0 amide bonds. The SMILES string of the molecule is CCCc1nc(CCOCC)n[nH]1. The molecule has 1 aromatic rings. The van der Waals surface area contributed by atoms with Crippen molar-refractivity contribution in [3.63, 3.8) is 0 Å². The summed E-state index contributed by atoms with van der Waals surface area (Å²) >= 11 is 0. The number of aromatic nitrogens is 3. The summed E-state index contributed by atoms with van der Waals surface area (Å²) in [6, 6.07) is 0. The largest absolute Gasteiger partial charge is 0.381 e. The van der Waals surface area contributed by atoms with Gasteiger partial charge in [0.05, 0.1) is 6.61 Å². The molecule has 4 heteroatoms. The fourth-order valence-electron chi connectivity index (χ4n) is 1.10. The van der Waals surface area contributed by atoms with Gasteiger partial charge in [-0.15, -0.1) is 0 Å². The molecule has 0 aliphatic heterocycles. The second-order valence-corrected chi connectivity index (χ2v) is 2.90. The van der Waals surface area contributed by atoms with Crippen molar-refractivity contribution in [2.24, 2.45) is 0 Å². The van der Waals surface area contributed by atoms with Gasteiger partial charge in [0, 0.05) is 19.4 Å². The van der Waals surface area contributed by atoms with Gasteiger partial charge in [0.15, 0.2) is 5.82 Å². The molecule has 0 atom stereocenters. The first-order chi connectivity index (χ1) is 6.36. The minimum atomic E-state index is 0.708. The fraction of sp³-hybridized carbons (Fsp3) is 0.778. The Hall–Kier alpha value is -0.900. The molecular formula is C9H17N3O. The van der Waals surface area contributed by atoms with Crippen molar-refractivity contribution in [3.05, 3.63) is 11.6 Å². The number of aromatic amines is 1. The quantitative estimate of drug-likeness (QED) is 0.677. The molecule has 0 aliphatic rings. The molecule has 0 radical (unpaired) electrons. The number of rotatable bonds is 6. The Labute approximate surface area is 78.7 Å². The lowest BCUT2D eigenvalue weighted by atomic mass is 10.3. The van der Waals surface area contributed by atoms with Crippen LogP contribution in [0.3, 0.4) is 0 Å². The van der Waals surface area contributed by atoms with E-state index in [0.717, 1.165) is 37.5 Å². The molecule has 0 saturated carbocycles. The van der Waals surface area contributed by atoms with E-state index in [2.05, 4.69) is 22.1 Å². The Kier molecular flexibility index (Phi) is 4.46. The Balaban J connectivity index is 2.31. The highest BCUT2D eigenvalue weighted by Crippen LogP contribution is 1.97. The molecule has 0 spiro atoms. The monoisotopic (exact) mass is 183 g/mol. The molecule has 4 nitrogen and oxygen atoms in total. The van der Waals surface area contributed by atoms with Gasteiger partial charge in [0.2, 0.25) is 0 Å². The van der Waals surface area contributed by atoms with Crippen molar-refractivity contribution in [1.82, 2.24) is 15.2 Å². The summed E-state index contributed by atoms with van der Waals surface area (Å²) in [5.74, 6) is 1.84. The maximum Gasteiger partial charge on any atom is 0.152 e. The molecule has 74 valence electrons. The molecule has 0 unspecified atom stereocenters. The van der Waals surface area contributed by atoms with E-state index in [1.807, 2.05) is 6.92 Å². The lowest BCUT2D eigenvalue weighted by Crippen LogP contribution is -1.99. The number of hydrogen-bond donors (Lipinski definition) is 1. The van der Waals surface area contributed by atoms with E-state index in [4.69, 9.17) is 4.74 Å². The minimum absolute atomic E-state index is 0.708. The maximum absolute atomic E-state index is 5.21. The highest BCUT2D eigenvalue weighted by Gasteiger charge is 2.01. The van der Waals surface area contributed by atoms with Gasteiger partial charge < -0.3 is 4.74 Å². The zero-order chi connectivity index (χ0) is 9.52. The van der Waals surface area contributed by atoms with Crippen molar-refractivity contribution < 1.29 is 4.74 Å². The van der Waals surface area contributed by atoms with Crippen molar-refractivity contribution >= 4 is 0 Å². The van der Waals surface area contributed by atoms with Crippen molar-refractivity contribution in [2.45, 2.75) is 33.1 Å². The van der Waals surface area contributed by atoms with Gasteiger partial charge in [-0.05, 0) is 13.3 Å². The molecule has 0 bridgehead atoms. The molecule has 0 aromatic carbocycles. The summed E-state index contributed by atoms with van der Waals surface area (Å²) in [4.78, 5) is 4.33. The van der Waals surface area contributed by atoms with E-state index >= 15 is 0 Å². The number of nitrogens with zero attached hydrogens (tertiary/aromatic N) is 2. The van der Waals surface area contributed by atoms with Crippen LogP contribution < -0.4 is 0 Å². The van der Waals surface area contributed by atoms with Gasteiger partial charge in [0.1, 0.15) is 5.82 Å². The van der Waals surface area contributed by atoms with Crippen LogP contribution >= 0.6 is 0 Å². The topological polar surface area (TPSA) is 50.8 Å². The predicted molar refractivity (Wildman–Crippen MR) is 50.6 cm³/mol. The second-order valence-electron chi connectivity index (χ2n) is 2.90. The smallest absolute Gasteiger partial charge is 0.152 e. The Morgan fingerprint density at radius 3 is 2.85 bits per heavy atom. The van der Waals surface area contributed by atoms with Crippen LogP contribution in [0.2, 0.25) is 0 Å². The molecule has 1 N–H and O–H groups in total. The van der Waals surface area contributed by atoms with Gasteiger partial charge in [-0.1, -0.05) is 6.92 Å². The normalized spacial score (nSPS) is 10.6. The third-order valence-electron chi connectivity index (χ3n) is 1.74. The fourth-order valence-corrected chi connectivity index (χ4v) is 1.10. The molecular weight excluding hydrogens is 166 g/mol. The summed E-state index contributed by atoms with van der Waals surface area (Å²) in [5.41, 5.74) is 0. The van der Waals surface area contributed by atoms with Crippen LogP contribution in [0.5, 0.6) is 0 Å². The van der Waals surface area contributed by atoms with Gasteiger partial charge in [-0.3, -0.25) is 5.10 Å². The minimum Gasteiger partial charge on any atom is -0.381 e. The van der Waals surface area contributed by atoms with E-state index in [1.165, 1.54) is 0 Å². The summed E-state index contributed by atoms with van der Waals surface area (Å²) in [6.07, 6.45) is 2.87. The first-order valence-electron chi connectivity index (χ1n) is 4.84. The van der Waals surface area contributed by atoms with E-state index < -0.39 is 0 Å². The number of aryl methyl sites for hydroxylation is 1. The van der Waals surface area contributed by atoms with Crippen LogP contribution in [-0.4, -0.2) is 28.4 Å². The van der Waals surface area contributed by atoms with Crippen LogP contribution in [0.15, 0.2) is 0 Å². The average molecular weight is 183 g/mol. The zero-order valence-electron chi connectivity index (χ0n) is 8.34. The van der Waals surface area contributed by atoms with Crippen molar-refractivity contribution in [1.29, 1.82) is 0 Å². The third-order valence-corrected chi connectivity index (χ3v) is 1.74. The van der Waals surface area contributed by atoms with Gasteiger partial charge >= 0.3 is 0 Å². The van der Waals surface area contributed by atoms with E-state index in [-0.39, 0.29) is 0 Å². The molecule has 0 aliphatic carbocycles. The van der Waals surface area contributed by atoms with Crippen LogP contribution in [0.25, 0.3) is 0 Å². The summed E-state index contributed by atoms with van der Waals surface area (Å²) in [5, 5.41) is 7.01. The van der Waals surface area contributed by atoms with Gasteiger partial charge in [-0.25, -0.2) is 4.98 Å². The van der Waals surface area contributed by atoms with Crippen LogP contribution in [0, 0.1) is 0 Å². The van der Waals surface area contributed by atoms with Crippen LogP contribution in [0.4, 0.5) is 0 Å². The Morgan fingerprint density at radius 1 is 1.31 bits per heavy atom. The standard InChI is InChI=1S/C9H17N3O/c1-3-5-8-10-9(12-11-8)6-7-13-4-2/h3-7H2,1-2H3,(H,10,11,12). The summed E-state index contributed by atoms with van der Waals surface area (Å²) < 4.78 is 5.21. The maximum atomic E-state index is 5.21. The molecule has 0 saturated heterocycles. The highest BCUT2D eigenvalue weighted by molar-refractivity contribution is 4.90. The average Bonchev–Trinajstić information content (AvgIpc) is 2.54. The van der Waals surface area contributed by atoms with Crippen molar-refractivity contribution in [3.8, 4) is 0 Å². The Morgan fingerprint density at radius 2 is 2.15 bits per heavy atom. The van der Waals surface area contributed by atoms with Crippen molar-refractivity contribution in [2.75, 3.05) is 13.2 Å². The lowest BCUT2D eigenvalue weighted by molar-refractivity contribution is 0.149. The highest BCUT2D eigenvalue weighted by atomic mass is 16.5. The predicted octanol–water partition coefficient (Wildman–Crippen LogP) is 1.34. The molecule has 1 heterocycles. The van der Waals surface area contributed by atoms with Gasteiger partial charge in [-0.2, -0.15) is 5.10 Å². The number of hydrogen-bond acceptors (Lipinski definition) is 3. The molecule has 13 heavy (non-hydrogen) atoms. The van der Waals surface area contributed by atoms with E-state index in [0.29, 0.717) is 6.61 Å². The molecule has 1 rings (SSSR count). The first kappa shape index (κ1) is 10.2. The van der Waals surface area contributed by atoms with Crippen LogP contribution in [0.1, 0.15) is 31.9 Å². The number of nitrogens with one attached hydrogen (secondary N) is 1. The lowest BCUT2D eigenvalue weighted by Gasteiger charge is -1.95. The second kappa shape index (κ2) is 5.70. The van der Waals surface area contributed by atoms with E-state index in [9.17, 15) is 0 Å². The third kappa shape index (κ3) is 3.55. The van der Waals surface area contributed by atoms with Crippen LogP contribution in [-0.2, 0) is 17.6 Å². The number of ether oxygens (including phenoxy) is 1. The van der Waals surface area contributed by atoms with Gasteiger partial charge in [0.25, 0.3) is 0 Å². The first-order valence-corrected chi connectivity index (χ1v) is 4.84. The Bertz CT molecular complexity index is 235. The summed E-state index contributed by atoms with van der Waals surface area (Å²) in [6.45, 7) is 5.58. The number of H-pyrrole nitrogens is 1.